The number of rotatable bonds is 4. The summed E-state index contributed by atoms with van der Waals surface area (Å²) in [4.78, 5) is 26.5. The molecule has 0 radical (unpaired) electrons. The lowest BCUT2D eigenvalue weighted by Crippen LogP contribution is -2.43. The summed E-state index contributed by atoms with van der Waals surface area (Å²) in [6.45, 7) is 8.54. The zero-order valence-corrected chi connectivity index (χ0v) is 15.7. The van der Waals surface area contributed by atoms with Gasteiger partial charge in [-0.05, 0) is 44.7 Å². The van der Waals surface area contributed by atoms with Crippen LogP contribution in [-0.4, -0.2) is 35.3 Å². The van der Waals surface area contributed by atoms with Crippen LogP contribution in [0.15, 0.2) is 18.2 Å². The Labute approximate surface area is 152 Å². The van der Waals surface area contributed by atoms with Gasteiger partial charge in [0.1, 0.15) is 11.6 Å². The van der Waals surface area contributed by atoms with Gasteiger partial charge in [-0.3, -0.25) is 9.59 Å². The van der Waals surface area contributed by atoms with Gasteiger partial charge in [0.05, 0.1) is 5.92 Å². The zero-order chi connectivity index (χ0) is 19.3. The lowest BCUT2D eigenvalue weighted by atomic mass is 9.92. The maximum atomic E-state index is 14.2. The maximum Gasteiger partial charge on any atom is 0.225 e. The largest absolute Gasteiger partial charge is 0.355 e. The highest BCUT2D eigenvalue weighted by atomic mass is 19.1. The van der Waals surface area contributed by atoms with E-state index in [4.69, 9.17) is 0 Å². The lowest BCUT2D eigenvalue weighted by Gasteiger charge is -2.32. The number of amides is 2. The predicted molar refractivity (Wildman–Crippen MR) is 94.4 cm³/mol. The molecule has 1 saturated heterocycles. The van der Waals surface area contributed by atoms with Crippen LogP contribution in [0.4, 0.5) is 8.78 Å². The van der Waals surface area contributed by atoms with Crippen molar-refractivity contribution in [1.82, 2.24) is 10.2 Å². The van der Waals surface area contributed by atoms with Crippen molar-refractivity contribution in [2.24, 2.45) is 11.8 Å². The summed E-state index contributed by atoms with van der Waals surface area (Å²) in [5, 5.41) is 2.91. The summed E-state index contributed by atoms with van der Waals surface area (Å²) < 4.78 is 27.4. The molecule has 3 rings (SSSR count). The van der Waals surface area contributed by atoms with Crippen LogP contribution in [0.2, 0.25) is 0 Å². The molecule has 0 bridgehead atoms. The van der Waals surface area contributed by atoms with Crippen molar-refractivity contribution in [2.45, 2.75) is 51.5 Å². The number of hydrogen-bond acceptors (Lipinski definition) is 2. The minimum absolute atomic E-state index is 0.0169. The summed E-state index contributed by atoms with van der Waals surface area (Å²) in [7, 11) is 0. The number of hydrogen-bond donors (Lipinski definition) is 1. The molecule has 1 N–H and O–H groups in total. The molecule has 142 valence electrons. The van der Waals surface area contributed by atoms with Gasteiger partial charge >= 0.3 is 0 Å². The normalized spacial score (nSPS) is 28.4. The summed E-state index contributed by atoms with van der Waals surface area (Å²) in [5.74, 6) is -1.54. The van der Waals surface area contributed by atoms with E-state index in [0.29, 0.717) is 18.7 Å². The van der Waals surface area contributed by atoms with Crippen LogP contribution in [0.3, 0.4) is 0 Å². The number of likely N-dealkylation sites (tertiary alicyclic amines) is 1. The standard InChI is InChI=1S/C20H26F2N2O2/c1-12-9-20(12,15-6-5-14(21)8-16(15)22)11-23-18(26)13-7-17(25)24(10-13)19(2,3)4/h5-6,8,12-13H,7,9-11H2,1-4H3,(H,23,26). The second-order valence-electron chi connectivity index (χ2n) is 8.68. The highest BCUT2D eigenvalue weighted by Gasteiger charge is 2.54. The minimum atomic E-state index is -0.606. The number of carbonyl (C=O) groups is 2. The van der Waals surface area contributed by atoms with Gasteiger partial charge in [0.2, 0.25) is 11.8 Å². The summed E-state index contributed by atoms with van der Waals surface area (Å²) in [6, 6.07) is 3.62. The van der Waals surface area contributed by atoms with Crippen molar-refractivity contribution in [3.63, 3.8) is 0 Å². The molecule has 1 aliphatic heterocycles. The van der Waals surface area contributed by atoms with E-state index in [1.807, 2.05) is 27.7 Å². The van der Waals surface area contributed by atoms with E-state index in [-0.39, 0.29) is 35.6 Å². The third-order valence-corrected chi connectivity index (χ3v) is 5.80. The second-order valence-corrected chi connectivity index (χ2v) is 8.68. The van der Waals surface area contributed by atoms with Gasteiger partial charge in [0.15, 0.2) is 0 Å². The van der Waals surface area contributed by atoms with Crippen molar-refractivity contribution >= 4 is 11.8 Å². The Morgan fingerprint density at radius 2 is 2.00 bits per heavy atom. The fourth-order valence-corrected chi connectivity index (χ4v) is 4.02. The average Bonchev–Trinajstić information content (AvgIpc) is 2.99. The van der Waals surface area contributed by atoms with E-state index in [2.05, 4.69) is 5.32 Å². The SMILES string of the molecule is CC1CC1(CNC(=O)C1CC(=O)N(C(C)(C)C)C1)c1ccc(F)cc1F. The average molecular weight is 364 g/mol. The third kappa shape index (κ3) is 3.33. The maximum absolute atomic E-state index is 14.2. The first-order chi connectivity index (χ1) is 12.0. The van der Waals surface area contributed by atoms with Crippen molar-refractivity contribution in [3.8, 4) is 0 Å². The zero-order valence-electron chi connectivity index (χ0n) is 15.7. The van der Waals surface area contributed by atoms with Gasteiger partial charge in [-0.25, -0.2) is 8.78 Å². The first kappa shape index (κ1) is 18.8. The van der Waals surface area contributed by atoms with Gasteiger partial charge in [-0.15, -0.1) is 0 Å². The smallest absolute Gasteiger partial charge is 0.225 e. The molecular formula is C20H26F2N2O2. The molecule has 2 fully saturated rings. The molecule has 1 saturated carbocycles. The molecule has 6 heteroatoms. The molecule has 1 aromatic carbocycles. The fraction of sp³-hybridized carbons (Fsp3) is 0.600. The van der Waals surface area contributed by atoms with E-state index < -0.39 is 17.0 Å². The van der Waals surface area contributed by atoms with E-state index in [0.717, 1.165) is 12.5 Å². The van der Waals surface area contributed by atoms with Crippen molar-refractivity contribution in [2.75, 3.05) is 13.1 Å². The van der Waals surface area contributed by atoms with Crippen LogP contribution < -0.4 is 5.32 Å². The first-order valence-electron chi connectivity index (χ1n) is 9.08. The number of nitrogens with zero attached hydrogens (tertiary/aromatic N) is 1. The molecule has 4 nitrogen and oxygen atoms in total. The van der Waals surface area contributed by atoms with Crippen LogP contribution in [0.1, 0.15) is 46.1 Å². The Balaban J connectivity index is 1.67. The van der Waals surface area contributed by atoms with Crippen molar-refractivity contribution < 1.29 is 18.4 Å². The molecule has 3 unspecified atom stereocenters. The van der Waals surface area contributed by atoms with Crippen LogP contribution >= 0.6 is 0 Å². The molecule has 2 amide bonds. The number of benzene rings is 1. The van der Waals surface area contributed by atoms with Gasteiger partial charge in [-0.1, -0.05) is 13.0 Å². The van der Waals surface area contributed by atoms with Crippen LogP contribution in [0, 0.1) is 23.5 Å². The van der Waals surface area contributed by atoms with Gasteiger partial charge in [-0.2, -0.15) is 0 Å². The van der Waals surface area contributed by atoms with Crippen LogP contribution in [0.5, 0.6) is 0 Å². The fourth-order valence-electron chi connectivity index (χ4n) is 4.02. The first-order valence-corrected chi connectivity index (χ1v) is 9.08. The van der Waals surface area contributed by atoms with E-state index in [1.54, 1.807) is 4.90 Å². The molecule has 26 heavy (non-hydrogen) atoms. The van der Waals surface area contributed by atoms with Crippen molar-refractivity contribution in [1.29, 1.82) is 0 Å². The number of carbonyl (C=O) groups excluding carboxylic acids is 2. The highest BCUT2D eigenvalue weighted by molar-refractivity contribution is 5.89. The molecule has 1 aliphatic carbocycles. The topological polar surface area (TPSA) is 49.4 Å². The van der Waals surface area contributed by atoms with E-state index in [1.165, 1.54) is 12.1 Å². The second kappa shape index (κ2) is 6.32. The summed E-state index contributed by atoms with van der Waals surface area (Å²) in [5.41, 5.74) is -0.347. The molecule has 0 spiro atoms. The van der Waals surface area contributed by atoms with E-state index >= 15 is 0 Å². The Kier molecular flexibility index (Phi) is 4.57. The number of nitrogens with one attached hydrogen (secondary N) is 1. The van der Waals surface area contributed by atoms with Gasteiger partial charge in [0.25, 0.3) is 0 Å². The molecule has 0 aromatic heterocycles. The monoisotopic (exact) mass is 364 g/mol. The predicted octanol–water partition coefficient (Wildman–Crippen LogP) is 3.01. The lowest BCUT2D eigenvalue weighted by molar-refractivity contribution is -0.132. The summed E-state index contributed by atoms with van der Waals surface area (Å²) in [6.07, 6.45) is 0.949. The molecule has 2 aliphatic rings. The van der Waals surface area contributed by atoms with Crippen molar-refractivity contribution in [3.05, 3.63) is 35.4 Å². The minimum Gasteiger partial charge on any atom is -0.355 e. The molecule has 1 heterocycles. The Morgan fingerprint density at radius 1 is 1.35 bits per heavy atom. The molecule has 1 aromatic rings. The third-order valence-electron chi connectivity index (χ3n) is 5.80. The van der Waals surface area contributed by atoms with Crippen LogP contribution in [-0.2, 0) is 15.0 Å². The van der Waals surface area contributed by atoms with Gasteiger partial charge < -0.3 is 10.2 Å². The summed E-state index contributed by atoms with van der Waals surface area (Å²) >= 11 is 0. The van der Waals surface area contributed by atoms with Crippen LogP contribution in [0.25, 0.3) is 0 Å². The van der Waals surface area contributed by atoms with E-state index in [9.17, 15) is 18.4 Å². The molecular weight excluding hydrogens is 338 g/mol. The van der Waals surface area contributed by atoms with Gasteiger partial charge in [0, 0.05) is 36.5 Å². The number of halogens is 2. The Hall–Kier alpha value is -1.98. The Morgan fingerprint density at radius 3 is 2.50 bits per heavy atom. The Bertz CT molecular complexity index is 744. The molecule has 3 atom stereocenters. The highest BCUT2D eigenvalue weighted by Crippen LogP contribution is 2.54. The quantitative estimate of drug-likeness (QED) is 0.893.